The van der Waals surface area contributed by atoms with E-state index in [4.69, 9.17) is 10.2 Å². The van der Waals surface area contributed by atoms with E-state index >= 15 is 0 Å². The number of hydrogen-bond acceptors (Lipinski definition) is 3. The molecule has 140 valence electrons. The molecular formula is C19H34O4S. The summed E-state index contributed by atoms with van der Waals surface area (Å²) in [6, 6.07) is 0. The monoisotopic (exact) mass is 358 g/mol. The fourth-order valence-corrected chi connectivity index (χ4v) is 3.36. The Hall–Kier alpha value is -0.970. The molecule has 24 heavy (non-hydrogen) atoms. The second kappa shape index (κ2) is 16.9. The first-order valence-corrected chi connectivity index (χ1v) is 10.4. The van der Waals surface area contributed by atoms with Crippen molar-refractivity contribution in [2.75, 3.05) is 5.75 Å². The summed E-state index contributed by atoms with van der Waals surface area (Å²) in [6.07, 6.45) is 17.5. The van der Waals surface area contributed by atoms with Crippen LogP contribution in [0.5, 0.6) is 0 Å². The fourth-order valence-electron chi connectivity index (χ4n) is 2.45. The molecule has 0 radical (unpaired) electrons. The van der Waals surface area contributed by atoms with E-state index < -0.39 is 17.2 Å². The molecule has 0 aliphatic rings. The maximum atomic E-state index is 11.1. The number of hydrogen-bond donors (Lipinski definition) is 2. The molecule has 0 saturated carbocycles. The summed E-state index contributed by atoms with van der Waals surface area (Å²) in [5.41, 5.74) is 0. The standard InChI is InChI=1S/C19H34O4S/c1-2-3-4-5-6-7-8-9-10-11-12-13-14-17(19(22)23)24-16-15-18(20)21/h13-14,17H,2-12,15-16H2,1H3,(H,20,21)(H,22,23)/b14-13-. The summed E-state index contributed by atoms with van der Waals surface area (Å²) in [5, 5.41) is 17.0. The number of allylic oxidation sites excluding steroid dienone is 1. The Morgan fingerprint density at radius 3 is 1.96 bits per heavy atom. The van der Waals surface area contributed by atoms with E-state index in [2.05, 4.69) is 6.92 Å². The van der Waals surface area contributed by atoms with Crippen molar-refractivity contribution in [3.8, 4) is 0 Å². The molecule has 0 amide bonds. The molecule has 2 N–H and O–H groups in total. The average Bonchev–Trinajstić information content (AvgIpc) is 2.53. The summed E-state index contributed by atoms with van der Waals surface area (Å²) in [4.78, 5) is 21.5. The zero-order valence-electron chi connectivity index (χ0n) is 15.0. The number of aliphatic carboxylic acids is 2. The molecule has 5 heteroatoms. The minimum absolute atomic E-state index is 0.000725. The zero-order chi connectivity index (χ0) is 18.0. The smallest absolute Gasteiger partial charge is 0.320 e. The lowest BCUT2D eigenvalue weighted by molar-refractivity contribution is -0.137. The molecule has 0 fully saturated rings. The van der Waals surface area contributed by atoms with E-state index in [0.29, 0.717) is 5.75 Å². The van der Waals surface area contributed by atoms with Crippen LogP contribution in [0.2, 0.25) is 0 Å². The minimum atomic E-state index is -0.898. The number of rotatable bonds is 17. The van der Waals surface area contributed by atoms with Crippen LogP contribution in [0.1, 0.15) is 84.0 Å². The van der Waals surface area contributed by atoms with Gasteiger partial charge in [-0.1, -0.05) is 76.9 Å². The Labute approximate surface area is 151 Å². The zero-order valence-corrected chi connectivity index (χ0v) is 15.9. The van der Waals surface area contributed by atoms with Gasteiger partial charge in [0.2, 0.25) is 0 Å². The van der Waals surface area contributed by atoms with Crippen molar-refractivity contribution in [1.29, 1.82) is 0 Å². The third-order valence-corrected chi connectivity index (χ3v) is 5.05. The van der Waals surface area contributed by atoms with E-state index in [1.54, 1.807) is 6.08 Å². The molecule has 0 spiro atoms. The van der Waals surface area contributed by atoms with Crippen LogP contribution < -0.4 is 0 Å². The molecule has 0 aromatic rings. The van der Waals surface area contributed by atoms with Crippen molar-refractivity contribution in [1.82, 2.24) is 0 Å². The molecule has 0 aromatic heterocycles. The second-order valence-electron chi connectivity index (χ2n) is 6.17. The van der Waals surface area contributed by atoms with Crippen molar-refractivity contribution in [3.05, 3.63) is 12.2 Å². The molecule has 0 heterocycles. The lowest BCUT2D eigenvalue weighted by Crippen LogP contribution is -2.14. The van der Waals surface area contributed by atoms with Crippen molar-refractivity contribution in [3.63, 3.8) is 0 Å². The first kappa shape index (κ1) is 23.0. The molecule has 0 aromatic carbocycles. The molecule has 1 atom stereocenters. The quantitative estimate of drug-likeness (QED) is 0.265. The van der Waals surface area contributed by atoms with Gasteiger partial charge < -0.3 is 10.2 Å². The van der Waals surface area contributed by atoms with Gasteiger partial charge in [0.1, 0.15) is 5.25 Å². The SMILES string of the molecule is CCCCCCCCCCCC/C=C\C(SCCC(=O)O)C(=O)O. The van der Waals surface area contributed by atoms with Crippen LogP contribution in [0.3, 0.4) is 0 Å². The summed E-state index contributed by atoms with van der Waals surface area (Å²) in [7, 11) is 0. The number of carbonyl (C=O) groups is 2. The highest BCUT2D eigenvalue weighted by Gasteiger charge is 2.14. The number of carboxylic acids is 2. The lowest BCUT2D eigenvalue weighted by Gasteiger charge is -2.06. The van der Waals surface area contributed by atoms with Crippen molar-refractivity contribution >= 4 is 23.7 Å². The molecular weight excluding hydrogens is 324 g/mol. The number of thioether (sulfide) groups is 1. The van der Waals surface area contributed by atoms with Gasteiger partial charge in [-0.3, -0.25) is 9.59 Å². The van der Waals surface area contributed by atoms with Gasteiger partial charge in [0.25, 0.3) is 0 Å². The topological polar surface area (TPSA) is 74.6 Å². The van der Waals surface area contributed by atoms with Gasteiger partial charge in [0.05, 0.1) is 6.42 Å². The van der Waals surface area contributed by atoms with Gasteiger partial charge in [0, 0.05) is 5.75 Å². The van der Waals surface area contributed by atoms with Gasteiger partial charge in [-0.05, 0) is 12.8 Å². The van der Waals surface area contributed by atoms with Crippen molar-refractivity contribution in [2.45, 2.75) is 89.2 Å². The minimum Gasteiger partial charge on any atom is -0.481 e. The van der Waals surface area contributed by atoms with Gasteiger partial charge >= 0.3 is 11.9 Å². The maximum Gasteiger partial charge on any atom is 0.320 e. The van der Waals surface area contributed by atoms with Crippen molar-refractivity contribution in [2.24, 2.45) is 0 Å². The third kappa shape index (κ3) is 15.9. The summed E-state index contributed by atoms with van der Waals surface area (Å²) in [6.45, 7) is 2.24. The molecule has 1 unspecified atom stereocenters. The normalized spacial score (nSPS) is 12.5. The Morgan fingerprint density at radius 1 is 0.917 bits per heavy atom. The fraction of sp³-hybridized carbons (Fsp3) is 0.789. The van der Waals surface area contributed by atoms with E-state index in [0.717, 1.165) is 12.8 Å². The molecule has 4 nitrogen and oxygen atoms in total. The van der Waals surface area contributed by atoms with Gasteiger partial charge in [-0.25, -0.2) is 0 Å². The van der Waals surface area contributed by atoms with Crippen LogP contribution >= 0.6 is 11.8 Å². The van der Waals surface area contributed by atoms with Gasteiger partial charge in [-0.15, -0.1) is 11.8 Å². The van der Waals surface area contributed by atoms with Crippen LogP contribution in [-0.2, 0) is 9.59 Å². The first-order chi connectivity index (χ1) is 11.6. The summed E-state index contributed by atoms with van der Waals surface area (Å²) >= 11 is 1.17. The maximum absolute atomic E-state index is 11.1. The van der Waals surface area contributed by atoms with E-state index in [1.807, 2.05) is 6.08 Å². The highest BCUT2D eigenvalue weighted by Crippen LogP contribution is 2.15. The van der Waals surface area contributed by atoms with Crippen LogP contribution in [0.25, 0.3) is 0 Å². The predicted octanol–water partition coefficient (Wildman–Crippen LogP) is 5.51. The molecule has 0 bridgehead atoms. The van der Waals surface area contributed by atoms with Crippen LogP contribution in [0, 0.1) is 0 Å². The second-order valence-corrected chi connectivity index (χ2v) is 7.42. The lowest BCUT2D eigenvalue weighted by atomic mass is 10.1. The number of carboxylic acid groups (broad SMARTS) is 2. The summed E-state index contributed by atoms with van der Waals surface area (Å²) in [5.74, 6) is -1.46. The largest absolute Gasteiger partial charge is 0.481 e. The van der Waals surface area contributed by atoms with Gasteiger partial charge in [0.15, 0.2) is 0 Å². The molecule has 0 saturated heterocycles. The predicted molar refractivity (Wildman–Crippen MR) is 102 cm³/mol. The molecule has 0 rings (SSSR count). The number of unbranched alkanes of at least 4 members (excludes halogenated alkanes) is 10. The Balaban J connectivity index is 3.56. The Morgan fingerprint density at radius 2 is 1.46 bits per heavy atom. The van der Waals surface area contributed by atoms with E-state index in [9.17, 15) is 9.59 Å². The van der Waals surface area contributed by atoms with E-state index in [-0.39, 0.29) is 6.42 Å². The van der Waals surface area contributed by atoms with Crippen LogP contribution in [0.4, 0.5) is 0 Å². The van der Waals surface area contributed by atoms with Crippen molar-refractivity contribution < 1.29 is 19.8 Å². The van der Waals surface area contributed by atoms with Crippen LogP contribution in [0.15, 0.2) is 12.2 Å². The van der Waals surface area contributed by atoms with Crippen LogP contribution in [-0.4, -0.2) is 33.2 Å². The highest BCUT2D eigenvalue weighted by atomic mass is 32.2. The first-order valence-electron chi connectivity index (χ1n) is 9.30. The van der Waals surface area contributed by atoms with Gasteiger partial charge in [-0.2, -0.15) is 0 Å². The summed E-state index contributed by atoms with van der Waals surface area (Å²) < 4.78 is 0. The van der Waals surface area contributed by atoms with E-state index in [1.165, 1.54) is 69.5 Å². The Bertz CT molecular complexity index is 355. The Kier molecular flexibility index (Phi) is 16.2. The average molecular weight is 359 g/mol. The molecule has 0 aliphatic carbocycles. The third-order valence-electron chi connectivity index (χ3n) is 3.89. The molecule has 0 aliphatic heterocycles. The highest BCUT2D eigenvalue weighted by molar-refractivity contribution is 8.00.